The number of rotatable bonds is 4. The van der Waals surface area contributed by atoms with E-state index in [0.717, 1.165) is 4.96 Å². The number of halogens is 1. The lowest BCUT2D eigenvalue weighted by atomic mass is 10.3. The summed E-state index contributed by atoms with van der Waals surface area (Å²) in [7, 11) is 0. The van der Waals surface area contributed by atoms with Gasteiger partial charge in [0.15, 0.2) is 16.2 Å². The van der Waals surface area contributed by atoms with Gasteiger partial charge in [0, 0.05) is 17.7 Å². The van der Waals surface area contributed by atoms with Crippen molar-refractivity contribution >= 4 is 45.9 Å². The fourth-order valence-corrected chi connectivity index (χ4v) is 2.35. The second-order valence-electron chi connectivity index (χ2n) is 3.66. The summed E-state index contributed by atoms with van der Waals surface area (Å²) in [6.07, 6.45) is 3.47. The zero-order valence-corrected chi connectivity index (χ0v) is 11.4. The number of thiazole rings is 1. The highest BCUT2D eigenvalue weighted by atomic mass is 35.5. The standard InChI is InChI=1S/C11H10ClN3O3S/c1-6(10(13)17)18-8(16)3-2-7-9(12)14-11-15(7)4-5-19-11/h2-6H,1H3,(H2,13,17)/b3-2-/t6-/m0/s1. The van der Waals surface area contributed by atoms with Crippen LogP contribution in [0.15, 0.2) is 17.7 Å². The van der Waals surface area contributed by atoms with Crippen LogP contribution in [0, 0.1) is 0 Å². The second-order valence-corrected chi connectivity index (χ2v) is 4.89. The molecule has 0 aliphatic rings. The molecule has 0 aliphatic heterocycles. The summed E-state index contributed by atoms with van der Waals surface area (Å²) < 4.78 is 6.52. The van der Waals surface area contributed by atoms with Crippen LogP contribution in [-0.2, 0) is 14.3 Å². The minimum atomic E-state index is -0.973. The van der Waals surface area contributed by atoms with E-state index in [-0.39, 0.29) is 0 Å². The van der Waals surface area contributed by atoms with E-state index >= 15 is 0 Å². The molecular formula is C11H10ClN3O3S. The topological polar surface area (TPSA) is 86.7 Å². The van der Waals surface area contributed by atoms with Gasteiger partial charge in [-0.15, -0.1) is 11.3 Å². The van der Waals surface area contributed by atoms with Gasteiger partial charge in [-0.25, -0.2) is 9.78 Å². The number of primary amides is 1. The van der Waals surface area contributed by atoms with Crippen molar-refractivity contribution < 1.29 is 14.3 Å². The largest absolute Gasteiger partial charge is 0.449 e. The molecule has 0 aliphatic carbocycles. The number of hydrogen-bond donors (Lipinski definition) is 1. The third kappa shape index (κ3) is 2.94. The lowest BCUT2D eigenvalue weighted by Crippen LogP contribution is -2.29. The van der Waals surface area contributed by atoms with Gasteiger partial charge in [0.1, 0.15) is 0 Å². The minimum absolute atomic E-state index is 0.291. The number of nitrogens with zero attached hydrogens (tertiary/aromatic N) is 2. The lowest BCUT2D eigenvalue weighted by molar-refractivity contribution is -0.148. The molecule has 2 heterocycles. The average molecular weight is 300 g/mol. The molecule has 100 valence electrons. The van der Waals surface area contributed by atoms with Gasteiger partial charge in [-0.1, -0.05) is 11.6 Å². The molecule has 0 spiro atoms. The summed E-state index contributed by atoms with van der Waals surface area (Å²) in [6, 6.07) is 0. The third-order valence-corrected chi connectivity index (χ3v) is 3.36. The quantitative estimate of drug-likeness (QED) is 0.684. The first kappa shape index (κ1) is 13.6. The number of aromatic nitrogens is 2. The van der Waals surface area contributed by atoms with E-state index in [1.165, 1.54) is 30.4 Å². The van der Waals surface area contributed by atoms with Gasteiger partial charge in [0.05, 0.1) is 5.69 Å². The Bertz CT molecular complexity index is 661. The number of carbonyl (C=O) groups excluding carboxylic acids is 2. The van der Waals surface area contributed by atoms with E-state index in [1.807, 2.05) is 5.38 Å². The molecule has 0 saturated carbocycles. The molecule has 2 N–H and O–H groups in total. The van der Waals surface area contributed by atoms with E-state index in [2.05, 4.69) is 4.98 Å². The molecule has 0 aromatic carbocycles. The van der Waals surface area contributed by atoms with Gasteiger partial charge in [-0.3, -0.25) is 9.20 Å². The SMILES string of the molecule is C[C@H](OC(=O)/C=C\c1c(Cl)nc2sccn12)C(N)=O. The maximum atomic E-state index is 11.5. The van der Waals surface area contributed by atoms with Gasteiger partial charge in [-0.05, 0) is 13.0 Å². The summed E-state index contributed by atoms with van der Waals surface area (Å²) in [5, 5.41) is 2.14. The first-order chi connectivity index (χ1) is 8.99. The molecule has 2 rings (SSSR count). The Kier molecular flexibility index (Phi) is 3.87. The Morgan fingerprint density at radius 1 is 1.63 bits per heavy atom. The number of hydrogen-bond acceptors (Lipinski definition) is 5. The van der Waals surface area contributed by atoms with Crippen LogP contribution in [0.2, 0.25) is 5.15 Å². The number of fused-ring (bicyclic) bond motifs is 1. The molecule has 0 saturated heterocycles. The molecule has 6 nitrogen and oxygen atoms in total. The molecule has 1 atom stereocenters. The molecule has 0 bridgehead atoms. The molecule has 2 aromatic rings. The highest BCUT2D eigenvalue weighted by Gasteiger charge is 2.13. The van der Waals surface area contributed by atoms with Crippen LogP contribution in [0.5, 0.6) is 0 Å². The van der Waals surface area contributed by atoms with Crippen LogP contribution >= 0.6 is 22.9 Å². The van der Waals surface area contributed by atoms with Crippen LogP contribution in [0.3, 0.4) is 0 Å². The number of nitrogens with two attached hydrogens (primary N) is 1. The number of imidazole rings is 1. The van der Waals surface area contributed by atoms with Crippen molar-refractivity contribution in [3.8, 4) is 0 Å². The summed E-state index contributed by atoms with van der Waals surface area (Å²) in [6.45, 7) is 1.40. The van der Waals surface area contributed by atoms with Gasteiger partial charge < -0.3 is 10.5 Å². The predicted molar refractivity (Wildman–Crippen MR) is 71.9 cm³/mol. The van der Waals surface area contributed by atoms with Crippen molar-refractivity contribution in [2.75, 3.05) is 0 Å². The van der Waals surface area contributed by atoms with E-state index in [4.69, 9.17) is 22.1 Å². The minimum Gasteiger partial charge on any atom is -0.449 e. The first-order valence-electron chi connectivity index (χ1n) is 5.28. The highest BCUT2D eigenvalue weighted by Crippen LogP contribution is 2.22. The average Bonchev–Trinajstić information content (AvgIpc) is 2.87. The fourth-order valence-electron chi connectivity index (χ4n) is 1.34. The Hall–Kier alpha value is -1.86. The molecule has 0 radical (unpaired) electrons. The summed E-state index contributed by atoms with van der Waals surface area (Å²) in [4.78, 5) is 27.0. The molecular weight excluding hydrogens is 290 g/mol. The Labute approximate surface area is 117 Å². The number of ether oxygens (including phenoxy) is 1. The van der Waals surface area contributed by atoms with Gasteiger partial charge in [0.2, 0.25) is 0 Å². The summed E-state index contributed by atoms with van der Waals surface area (Å²) >= 11 is 7.37. The Morgan fingerprint density at radius 2 is 2.37 bits per heavy atom. The van der Waals surface area contributed by atoms with Crippen LogP contribution in [0.25, 0.3) is 11.0 Å². The van der Waals surface area contributed by atoms with Crippen molar-refractivity contribution in [3.63, 3.8) is 0 Å². The van der Waals surface area contributed by atoms with E-state index < -0.39 is 18.0 Å². The van der Waals surface area contributed by atoms with Crippen LogP contribution in [-0.4, -0.2) is 27.4 Å². The van der Waals surface area contributed by atoms with Gasteiger partial charge in [0.25, 0.3) is 5.91 Å². The Morgan fingerprint density at radius 3 is 3.05 bits per heavy atom. The van der Waals surface area contributed by atoms with Crippen molar-refractivity contribution in [2.24, 2.45) is 5.73 Å². The Balaban J connectivity index is 2.14. The summed E-state index contributed by atoms with van der Waals surface area (Å²) in [5.74, 6) is -1.38. The molecule has 19 heavy (non-hydrogen) atoms. The maximum Gasteiger partial charge on any atom is 0.331 e. The van der Waals surface area contributed by atoms with Crippen LogP contribution < -0.4 is 5.73 Å². The molecule has 0 unspecified atom stereocenters. The normalized spacial score (nSPS) is 12.9. The first-order valence-corrected chi connectivity index (χ1v) is 6.54. The monoisotopic (exact) mass is 299 g/mol. The number of esters is 1. The number of amides is 1. The second kappa shape index (κ2) is 5.41. The number of carbonyl (C=O) groups is 2. The van der Waals surface area contributed by atoms with E-state index in [9.17, 15) is 9.59 Å². The highest BCUT2D eigenvalue weighted by molar-refractivity contribution is 7.15. The van der Waals surface area contributed by atoms with Gasteiger partial charge in [-0.2, -0.15) is 0 Å². The van der Waals surface area contributed by atoms with Crippen LogP contribution in [0.4, 0.5) is 0 Å². The van der Waals surface area contributed by atoms with Crippen molar-refractivity contribution in [1.82, 2.24) is 9.38 Å². The maximum absolute atomic E-state index is 11.5. The van der Waals surface area contributed by atoms with E-state index in [1.54, 1.807) is 10.6 Å². The molecule has 1 amide bonds. The smallest absolute Gasteiger partial charge is 0.331 e. The summed E-state index contributed by atoms with van der Waals surface area (Å²) in [5.41, 5.74) is 5.56. The van der Waals surface area contributed by atoms with Gasteiger partial charge >= 0.3 is 5.97 Å². The van der Waals surface area contributed by atoms with Crippen molar-refractivity contribution in [1.29, 1.82) is 0 Å². The molecule has 8 heteroatoms. The van der Waals surface area contributed by atoms with Crippen molar-refractivity contribution in [2.45, 2.75) is 13.0 Å². The zero-order valence-electron chi connectivity index (χ0n) is 9.87. The molecule has 2 aromatic heterocycles. The third-order valence-electron chi connectivity index (χ3n) is 2.33. The van der Waals surface area contributed by atoms with E-state index in [0.29, 0.717) is 10.8 Å². The predicted octanol–water partition coefficient (Wildman–Crippen LogP) is 1.48. The van der Waals surface area contributed by atoms with Crippen molar-refractivity contribution in [3.05, 3.63) is 28.5 Å². The van der Waals surface area contributed by atoms with Crippen LogP contribution in [0.1, 0.15) is 12.6 Å². The molecule has 0 fully saturated rings. The lowest BCUT2D eigenvalue weighted by Gasteiger charge is -2.06. The fraction of sp³-hybridized carbons (Fsp3) is 0.182. The zero-order chi connectivity index (χ0) is 14.0.